The van der Waals surface area contributed by atoms with Gasteiger partial charge in [-0.05, 0) is 19.3 Å². The molecule has 1 atom stereocenters. The highest BCUT2D eigenvalue weighted by Crippen LogP contribution is 2.29. The summed E-state index contributed by atoms with van der Waals surface area (Å²) >= 11 is 1.36. The van der Waals surface area contributed by atoms with Crippen molar-refractivity contribution >= 4 is 27.5 Å². The Hall–Kier alpha value is -1.09. The number of sulfone groups is 1. The Morgan fingerprint density at radius 3 is 2.56 bits per heavy atom. The monoisotopic (exact) mass is 386 g/mol. The van der Waals surface area contributed by atoms with Crippen LogP contribution >= 0.6 is 11.8 Å². The van der Waals surface area contributed by atoms with E-state index < -0.39 is 9.84 Å². The summed E-state index contributed by atoms with van der Waals surface area (Å²) in [6.07, 6.45) is 7.64. The summed E-state index contributed by atoms with van der Waals surface area (Å²) in [6.45, 7) is 0. The summed E-state index contributed by atoms with van der Waals surface area (Å²) in [4.78, 5) is 12.2. The topological polar surface area (TPSA) is 93.9 Å². The normalized spacial score (nSPS) is 24.1. The van der Waals surface area contributed by atoms with Crippen molar-refractivity contribution in [3.8, 4) is 0 Å². The smallest absolute Gasteiger partial charge is 0.230 e. The van der Waals surface area contributed by atoms with E-state index in [0.717, 1.165) is 12.8 Å². The van der Waals surface area contributed by atoms with Gasteiger partial charge in [0.1, 0.15) is 5.82 Å². The van der Waals surface area contributed by atoms with E-state index in [-0.39, 0.29) is 23.3 Å². The van der Waals surface area contributed by atoms with E-state index in [1.807, 2.05) is 11.6 Å². The summed E-state index contributed by atoms with van der Waals surface area (Å²) in [6, 6.07) is 0.300. The summed E-state index contributed by atoms with van der Waals surface area (Å²) < 4.78 is 25.1. The van der Waals surface area contributed by atoms with Crippen LogP contribution < -0.4 is 5.32 Å². The molecule has 1 aromatic heterocycles. The second-order valence-electron chi connectivity index (χ2n) is 7.04. The minimum absolute atomic E-state index is 0.0323. The van der Waals surface area contributed by atoms with Crippen molar-refractivity contribution in [3.63, 3.8) is 0 Å². The van der Waals surface area contributed by atoms with E-state index in [2.05, 4.69) is 15.5 Å². The summed E-state index contributed by atoms with van der Waals surface area (Å²) in [5.74, 6) is 1.32. The molecular formula is C16H26N4O3S2. The third-order valence-electron chi connectivity index (χ3n) is 5.02. The van der Waals surface area contributed by atoms with Gasteiger partial charge in [-0.15, -0.1) is 10.2 Å². The number of aromatic nitrogens is 3. The molecular weight excluding hydrogens is 360 g/mol. The lowest BCUT2D eigenvalue weighted by molar-refractivity contribution is -0.119. The van der Waals surface area contributed by atoms with E-state index in [1.165, 1.54) is 37.4 Å². The molecule has 1 N–H and O–H groups in total. The van der Waals surface area contributed by atoms with E-state index in [4.69, 9.17) is 0 Å². The Morgan fingerprint density at radius 1 is 1.20 bits per heavy atom. The molecule has 2 fully saturated rings. The van der Waals surface area contributed by atoms with Crippen molar-refractivity contribution in [3.05, 3.63) is 5.82 Å². The van der Waals surface area contributed by atoms with Crippen LogP contribution in [0.1, 0.15) is 56.7 Å². The van der Waals surface area contributed by atoms with Crippen molar-refractivity contribution in [1.29, 1.82) is 0 Å². The molecule has 2 heterocycles. The third kappa shape index (κ3) is 4.97. The van der Waals surface area contributed by atoms with Gasteiger partial charge in [0.15, 0.2) is 15.0 Å². The molecule has 1 saturated carbocycles. The van der Waals surface area contributed by atoms with Crippen molar-refractivity contribution in [2.24, 2.45) is 7.05 Å². The third-order valence-corrected chi connectivity index (χ3v) is 7.81. The van der Waals surface area contributed by atoms with Gasteiger partial charge in [-0.3, -0.25) is 4.79 Å². The summed E-state index contributed by atoms with van der Waals surface area (Å²) in [7, 11) is -1.11. The van der Waals surface area contributed by atoms with Gasteiger partial charge >= 0.3 is 0 Å². The number of carbonyl (C=O) groups excluding carboxylic acids is 1. The Balaban J connectivity index is 1.52. The van der Waals surface area contributed by atoms with Crippen LogP contribution in [0.4, 0.5) is 0 Å². The zero-order valence-electron chi connectivity index (χ0n) is 14.6. The number of nitrogens with one attached hydrogen (secondary N) is 1. The fraction of sp³-hybridized carbons (Fsp3) is 0.812. The van der Waals surface area contributed by atoms with Crippen LogP contribution in [0.2, 0.25) is 0 Å². The highest BCUT2D eigenvalue weighted by molar-refractivity contribution is 7.99. The predicted molar refractivity (Wildman–Crippen MR) is 97.4 cm³/mol. The standard InChI is InChI=1S/C16H26N4O3S2/c1-20-15(12-8-9-25(22,23)11-12)18-19-16(20)24-10-14(21)17-13-6-4-2-3-5-7-13/h12-13H,2-11H2,1H3,(H,17,21)/t12-/m1/s1. The molecule has 1 aliphatic heterocycles. The van der Waals surface area contributed by atoms with Gasteiger partial charge in [0, 0.05) is 19.0 Å². The largest absolute Gasteiger partial charge is 0.353 e. The van der Waals surface area contributed by atoms with Gasteiger partial charge in [-0.1, -0.05) is 37.4 Å². The number of carbonyl (C=O) groups is 1. The van der Waals surface area contributed by atoms with Gasteiger partial charge in [0.25, 0.3) is 0 Å². The van der Waals surface area contributed by atoms with Crippen molar-refractivity contribution < 1.29 is 13.2 Å². The Labute approximate surface area is 153 Å². The molecule has 0 radical (unpaired) electrons. The maximum absolute atomic E-state index is 12.2. The second-order valence-corrected chi connectivity index (χ2v) is 10.2. The molecule has 25 heavy (non-hydrogen) atoms. The molecule has 0 unspecified atom stereocenters. The molecule has 140 valence electrons. The Morgan fingerprint density at radius 2 is 1.92 bits per heavy atom. The number of rotatable bonds is 5. The molecule has 9 heteroatoms. The van der Waals surface area contributed by atoms with Gasteiger partial charge < -0.3 is 9.88 Å². The van der Waals surface area contributed by atoms with Crippen molar-refractivity contribution in [1.82, 2.24) is 20.1 Å². The van der Waals surface area contributed by atoms with E-state index in [9.17, 15) is 13.2 Å². The maximum Gasteiger partial charge on any atom is 0.230 e. The zero-order valence-corrected chi connectivity index (χ0v) is 16.2. The fourth-order valence-corrected chi connectivity index (χ4v) is 6.10. The first-order valence-electron chi connectivity index (χ1n) is 8.96. The molecule has 1 saturated heterocycles. The van der Waals surface area contributed by atoms with Crippen LogP contribution in [0, 0.1) is 0 Å². The number of hydrogen-bond acceptors (Lipinski definition) is 6. The predicted octanol–water partition coefficient (Wildman–Crippen LogP) is 1.65. The van der Waals surface area contributed by atoms with Crippen LogP contribution in [-0.4, -0.2) is 52.4 Å². The molecule has 0 bridgehead atoms. The summed E-state index contributed by atoms with van der Waals surface area (Å²) in [5, 5.41) is 12.1. The Kier molecular flexibility index (Phi) is 6.04. The first-order chi connectivity index (χ1) is 11.9. The lowest BCUT2D eigenvalue weighted by Gasteiger charge is -2.15. The van der Waals surface area contributed by atoms with Gasteiger partial charge in [0.2, 0.25) is 5.91 Å². The zero-order chi connectivity index (χ0) is 17.9. The second kappa shape index (κ2) is 8.07. The quantitative estimate of drug-likeness (QED) is 0.611. The van der Waals surface area contributed by atoms with Crippen LogP contribution in [0.25, 0.3) is 0 Å². The van der Waals surface area contributed by atoms with E-state index >= 15 is 0 Å². The Bertz CT molecular complexity index is 709. The van der Waals surface area contributed by atoms with Crippen molar-refractivity contribution in [2.45, 2.75) is 62.1 Å². The van der Waals surface area contributed by atoms with Crippen LogP contribution in [0.5, 0.6) is 0 Å². The first-order valence-corrected chi connectivity index (χ1v) is 11.8. The molecule has 1 aromatic rings. The molecule has 0 aromatic carbocycles. The van der Waals surface area contributed by atoms with Gasteiger partial charge in [-0.2, -0.15) is 0 Å². The molecule has 1 aliphatic carbocycles. The molecule has 1 amide bonds. The van der Waals surface area contributed by atoms with E-state index in [0.29, 0.717) is 29.2 Å². The van der Waals surface area contributed by atoms with E-state index in [1.54, 1.807) is 0 Å². The average Bonchev–Trinajstić information content (AvgIpc) is 2.98. The molecule has 3 rings (SSSR count). The summed E-state index contributed by atoms with van der Waals surface area (Å²) in [5.41, 5.74) is 0. The maximum atomic E-state index is 12.2. The van der Waals surface area contributed by atoms with Crippen molar-refractivity contribution in [2.75, 3.05) is 17.3 Å². The van der Waals surface area contributed by atoms with Gasteiger partial charge in [-0.25, -0.2) is 8.42 Å². The first kappa shape index (κ1) is 18.7. The average molecular weight is 387 g/mol. The molecule has 0 spiro atoms. The lowest BCUT2D eigenvalue weighted by atomic mass is 10.1. The SMILES string of the molecule is Cn1c(SCC(=O)NC2CCCCCC2)nnc1[C@@H]1CCS(=O)(=O)C1. The number of hydrogen-bond donors (Lipinski definition) is 1. The lowest BCUT2D eigenvalue weighted by Crippen LogP contribution is -2.35. The minimum Gasteiger partial charge on any atom is -0.353 e. The highest BCUT2D eigenvalue weighted by Gasteiger charge is 2.32. The number of amides is 1. The molecule has 7 nitrogen and oxygen atoms in total. The number of thioether (sulfide) groups is 1. The van der Waals surface area contributed by atoms with Crippen LogP contribution in [0.15, 0.2) is 5.16 Å². The minimum atomic E-state index is -2.95. The number of nitrogens with zero attached hydrogens (tertiary/aromatic N) is 3. The fourth-order valence-electron chi connectivity index (χ4n) is 3.63. The van der Waals surface area contributed by atoms with Crippen LogP contribution in [0.3, 0.4) is 0 Å². The highest BCUT2D eigenvalue weighted by atomic mass is 32.2. The van der Waals surface area contributed by atoms with Crippen LogP contribution in [-0.2, 0) is 21.7 Å². The van der Waals surface area contributed by atoms with Gasteiger partial charge in [0.05, 0.1) is 17.3 Å². The molecule has 2 aliphatic rings.